The number of nitrogens with zero attached hydrogens (tertiary/aromatic N) is 1. The molecule has 1 saturated heterocycles. The van der Waals surface area contributed by atoms with Gasteiger partial charge in [-0.3, -0.25) is 5.32 Å². The monoisotopic (exact) mass is 448 g/mol. The van der Waals surface area contributed by atoms with Gasteiger partial charge in [0.05, 0.1) is 26.3 Å². The van der Waals surface area contributed by atoms with Crippen LogP contribution in [0.25, 0.3) is 11.1 Å². The minimum absolute atomic E-state index is 0. The van der Waals surface area contributed by atoms with E-state index in [2.05, 4.69) is 19.4 Å². The van der Waals surface area contributed by atoms with E-state index in [1.54, 1.807) is 0 Å². The summed E-state index contributed by atoms with van der Waals surface area (Å²) in [5.74, 6) is 0. The summed E-state index contributed by atoms with van der Waals surface area (Å²) in [4.78, 5) is 12.5. The Hall–Kier alpha value is -1.89. The van der Waals surface area contributed by atoms with E-state index >= 15 is 0 Å². The molecular weight excluding hydrogens is 420 g/mol. The van der Waals surface area contributed by atoms with Crippen LogP contribution in [0, 0.1) is 0 Å². The van der Waals surface area contributed by atoms with Crippen molar-refractivity contribution in [1.82, 2.24) is 0 Å². The minimum Gasteiger partial charge on any atom is -1.00 e. The maximum Gasteiger partial charge on any atom is 0.411 e. The molecule has 5 nitrogen and oxygen atoms in total. The number of carbonyl (C=O) groups excluding carboxylic acids is 1. The molecule has 152 valence electrons. The van der Waals surface area contributed by atoms with E-state index in [4.69, 9.17) is 4.74 Å². The predicted molar refractivity (Wildman–Crippen MR) is 107 cm³/mol. The van der Waals surface area contributed by atoms with Gasteiger partial charge in [0.25, 0.3) is 0 Å². The van der Waals surface area contributed by atoms with Gasteiger partial charge in [-0.05, 0) is 18.6 Å². The number of rotatable bonds is 4. The number of aliphatic hydroxyl groups excluding tert-OH is 1. The molecule has 0 spiro atoms. The van der Waals surface area contributed by atoms with Gasteiger partial charge < -0.3 is 31.3 Å². The van der Waals surface area contributed by atoms with Crippen molar-refractivity contribution in [2.45, 2.75) is 38.0 Å². The average molecular weight is 449 g/mol. The number of nitrogens with one attached hydrogen (secondary N) is 1. The van der Waals surface area contributed by atoms with Gasteiger partial charge in [0.2, 0.25) is 0 Å². The second-order valence-corrected chi connectivity index (χ2v) is 7.90. The third kappa shape index (κ3) is 5.34. The Kier molecular flexibility index (Phi) is 7.63. The van der Waals surface area contributed by atoms with Gasteiger partial charge in [0, 0.05) is 18.4 Å². The predicted octanol–water partition coefficient (Wildman–Crippen LogP) is 0.894. The molecule has 0 saturated carbocycles. The normalized spacial score (nSPS) is 21.9. The van der Waals surface area contributed by atoms with Crippen LogP contribution in [-0.2, 0) is 4.74 Å². The third-order valence-corrected chi connectivity index (χ3v) is 5.51. The molecule has 3 rings (SSSR count). The number of benzene rings is 2. The number of ether oxygens (including phenoxy) is 1. The topological polar surface area (TPSA) is 58.6 Å². The number of piperidine rings is 1. The summed E-state index contributed by atoms with van der Waals surface area (Å²) in [6.07, 6.45) is 0.399. The first-order valence-corrected chi connectivity index (χ1v) is 9.49. The number of carbonyl (C=O) groups is 1. The number of quaternary nitrogens is 1. The molecule has 1 heterocycles. The van der Waals surface area contributed by atoms with Crippen molar-refractivity contribution in [2.75, 3.05) is 26.0 Å². The molecule has 1 amide bonds. The molecular formula is C22H29BrN2O3. The van der Waals surface area contributed by atoms with Crippen LogP contribution in [0.5, 0.6) is 0 Å². The molecule has 6 heteroatoms. The van der Waals surface area contributed by atoms with E-state index in [0.717, 1.165) is 34.3 Å². The number of hydrogen-bond donors (Lipinski definition) is 2. The van der Waals surface area contributed by atoms with Crippen LogP contribution in [-0.4, -0.2) is 54.6 Å². The third-order valence-electron chi connectivity index (χ3n) is 5.51. The van der Waals surface area contributed by atoms with Gasteiger partial charge in [0.15, 0.2) is 0 Å². The highest BCUT2D eigenvalue weighted by Gasteiger charge is 2.40. The van der Waals surface area contributed by atoms with Crippen LogP contribution in [0.2, 0.25) is 0 Å². The summed E-state index contributed by atoms with van der Waals surface area (Å²) in [6.45, 7) is 2.68. The zero-order chi connectivity index (χ0) is 19.4. The number of para-hydroxylation sites is 1. The Bertz CT molecular complexity index is 780. The lowest BCUT2D eigenvalue weighted by molar-refractivity contribution is -0.924. The molecule has 1 aliphatic heterocycles. The number of aliphatic hydroxyl groups is 1. The summed E-state index contributed by atoms with van der Waals surface area (Å²) in [7, 11) is 4.23. The molecule has 1 fully saturated rings. The van der Waals surface area contributed by atoms with Gasteiger partial charge in [-0.15, -0.1) is 0 Å². The quantitative estimate of drug-likeness (QED) is 0.682. The summed E-state index contributed by atoms with van der Waals surface area (Å²) in [5, 5.41) is 13.0. The van der Waals surface area contributed by atoms with E-state index in [1.165, 1.54) is 0 Å². The second kappa shape index (κ2) is 9.54. The van der Waals surface area contributed by atoms with Crippen molar-refractivity contribution < 1.29 is 36.1 Å². The first-order chi connectivity index (χ1) is 12.9. The number of likely N-dealkylation sites (tertiary alicyclic amines) is 1. The number of amides is 1. The second-order valence-electron chi connectivity index (χ2n) is 7.90. The van der Waals surface area contributed by atoms with E-state index in [0.29, 0.717) is 6.42 Å². The van der Waals surface area contributed by atoms with Gasteiger partial charge in [0.1, 0.15) is 18.2 Å². The van der Waals surface area contributed by atoms with Crippen molar-refractivity contribution in [3.05, 3.63) is 54.6 Å². The van der Waals surface area contributed by atoms with Crippen LogP contribution >= 0.6 is 0 Å². The highest BCUT2D eigenvalue weighted by atomic mass is 79.9. The molecule has 2 aromatic carbocycles. The van der Waals surface area contributed by atoms with E-state index < -0.39 is 12.2 Å². The molecule has 0 unspecified atom stereocenters. The maximum atomic E-state index is 12.5. The molecule has 3 atom stereocenters. The molecule has 0 aromatic heterocycles. The molecule has 2 aromatic rings. The first kappa shape index (κ1) is 22.4. The van der Waals surface area contributed by atoms with Gasteiger partial charge in [-0.25, -0.2) is 4.79 Å². The Labute approximate surface area is 177 Å². The van der Waals surface area contributed by atoms with Gasteiger partial charge in [-0.1, -0.05) is 48.5 Å². The van der Waals surface area contributed by atoms with Crippen LogP contribution in [0.3, 0.4) is 0 Å². The fraction of sp³-hybridized carbons (Fsp3) is 0.409. The standard InChI is InChI=1S/C22H28N2O3.BrH/c1-16(25)21-15-18(13-14-24(21,2)3)27-22(26)23-20-12-8-7-11-19(20)17-9-5-4-6-10-17;/h4-12,16,18,21,25H,13-15H2,1-3H3;1H/t16-,18-,21-;/m0./s1. The largest absolute Gasteiger partial charge is 1.00 e. The number of likely N-dealkylation sites (N-methyl/N-ethyl adjacent to an activating group) is 1. The molecule has 2 N–H and O–H groups in total. The molecule has 1 aliphatic rings. The zero-order valence-corrected chi connectivity index (χ0v) is 18.2. The molecule has 0 aliphatic carbocycles. The van der Waals surface area contributed by atoms with Crippen LogP contribution in [0.4, 0.5) is 10.5 Å². The Morgan fingerprint density at radius 2 is 1.79 bits per heavy atom. The molecule has 0 radical (unpaired) electrons. The van der Waals surface area contributed by atoms with Crippen molar-refractivity contribution in [1.29, 1.82) is 0 Å². The average Bonchev–Trinajstić information content (AvgIpc) is 2.64. The Balaban J connectivity index is 0.00000280. The Morgan fingerprint density at radius 1 is 1.14 bits per heavy atom. The van der Waals surface area contributed by atoms with E-state index in [-0.39, 0.29) is 29.1 Å². The minimum atomic E-state index is -0.445. The summed E-state index contributed by atoms with van der Waals surface area (Å²) >= 11 is 0. The van der Waals surface area contributed by atoms with E-state index in [1.807, 2.05) is 61.5 Å². The number of hydrogen-bond acceptors (Lipinski definition) is 3. The zero-order valence-electron chi connectivity index (χ0n) is 16.6. The summed E-state index contributed by atoms with van der Waals surface area (Å²) in [5.41, 5.74) is 2.73. The number of anilines is 1. The van der Waals surface area contributed by atoms with Crippen LogP contribution in [0.15, 0.2) is 54.6 Å². The Morgan fingerprint density at radius 3 is 2.46 bits per heavy atom. The lowest BCUT2D eigenvalue weighted by Gasteiger charge is -2.45. The van der Waals surface area contributed by atoms with Crippen LogP contribution < -0.4 is 22.3 Å². The van der Waals surface area contributed by atoms with Crippen molar-refractivity contribution in [3.8, 4) is 11.1 Å². The summed E-state index contributed by atoms with van der Waals surface area (Å²) in [6, 6.07) is 17.7. The molecule has 28 heavy (non-hydrogen) atoms. The lowest BCUT2D eigenvalue weighted by atomic mass is 9.94. The highest BCUT2D eigenvalue weighted by Crippen LogP contribution is 2.29. The first-order valence-electron chi connectivity index (χ1n) is 9.49. The van der Waals surface area contributed by atoms with Gasteiger partial charge >= 0.3 is 6.09 Å². The number of halogens is 1. The molecule has 0 bridgehead atoms. The fourth-order valence-corrected chi connectivity index (χ4v) is 3.96. The van der Waals surface area contributed by atoms with Gasteiger partial charge in [-0.2, -0.15) is 0 Å². The van der Waals surface area contributed by atoms with Crippen molar-refractivity contribution >= 4 is 11.8 Å². The fourth-order valence-electron chi connectivity index (χ4n) is 3.96. The SMILES string of the molecule is C[C@H](O)[C@@H]1C[C@@H](OC(=O)Nc2ccccc2-c2ccccc2)CC[N+]1(C)C.[Br-]. The van der Waals surface area contributed by atoms with Crippen LogP contribution in [0.1, 0.15) is 19.8 Å². The highest BCUT2D eigenvalue weighted by molar-refractivity contribution is 5.91. The van der Waals surface area contributed by atoms with Crippen molar-refractivity contribution in [3.63, 3.8) is 0 Å². The van der Waals surface area contributed by atoms with E-state index in [9.17, 15) is 9.90 Å². The summed E-state index contributed by atoms with van der Waals surface area (Å²) < 4.78 is 6.43. The maximum absolute atomic E-state index is 12.5. The van der Waals surface area contributed by atoms with Crippen molar-refractivity contribution in [2.24, 2.45) is 0 Å². The lowest BCUT2D eigenvalue weighted by Crippen LogP contribution is -3.00. The smallest absolute Gasteiger partial charge is 0.411 e.